The maximum Gasteiger partial charge on any atom is 0.243 e. The number of amides is 2. The molecule has 200 valence electrons. The van der Waals surface area contributed by atoms with Crippen molar-refractivity contribution in [2.24, 2.45) is 0 Å². The number of aliphatic hydroxyl groups is 1. The maximum atomic E-state index is 12.2. The average molecular weight is 538 g/mol. The summed E-state index contributed by atoms with van der Waals surface area (Å²) in [5.41, 5.74) is 4.86. The van der Waals surface area contributed by atoms with Crippen molar-refractivity contribution in [2.75, 3.05) is 11.1 Å². The normalized spacial score (nSPS) is 19.1. The van der Waals surface area contributed by atoms with Crippen molar-refractivity contribution < 1.29 is 29.4 Å². The number of thioether (sulfide) groups is 1. The van der Waals surface area contributed by atoms with E-state index in [1.807, 2.05) is 54.6 Å². The van der Waals surface area contributed by atoms with Crippen LogP contribution in [0.5, 0.6) is 0 Å². The Labute approximate surface area is 225 Å². The Morgan fingerprint density at radius 1 is 0.947 bits per heavy atom. The number of nitrogens with zero attached hydrogens (tertiary/aromatic N) is 1. The van der Waals surface area contributed by atoms with Gasteiger partial charge in [0.05, 0.1) is 23.8 Å². The summed E-state index contributed by atoms with van der Waals surface area (Å²) >= 11 is 1.64. The minimum absolute atomic E-state index is 0.0121. The van der Waals surface area contributed by atoms with Crippen LogP contribution in [0.3, 0.4) is 0 Å². The minimum Gasteiger partial charge on any atom is -0.392 e. The summed E-state index contributed by atoms with van der Waals surface area (Å²) in [6.45, 7) is -0.0121. The monoisotopic (exact) mass is 537 g/mol. The number of nitrogens with one attached hydrogen (secondary N) is 2. The zero-order valence-electron chi connectivity index (χ0n) is 20.8. The molecule has 9 nitrogen and oxygen atoms in total. The van der Waals surface area contributed by atoms with Crippen LogP contribution in [-0.2, 0) is 25.7 Å². The summed E-state index contributed by atoms with van der Waals surface area (Å²) in [4.78, 5) is 27.6. The van der Waals surface area contributed by atoms with E-state index in [1.54, 1.807) is 35.6 Å². The van der Waals surface area contributed by atoms with Gasteiger partial charge in [-0.05, 0) is 41.8 Å². The van der Waals surface area contributed by atoms with Crippen LogP contribution in [0.4, 0.5) is 5.69 Å². The first kappa shape index (κ1) is 27.7. The molecule has 1 aliphatic rings. The van der Waals surface area contributed by atoms with Crippen LogP contribution in [0, 0.1) is 0 Å². The van der Waals surface area contributed by atoms with E-state index in [9.17, 15) is 14.7 Å². The molecule has 1 aliphatic heterocycles. The number of hydrogen-bond acceptors (Lipinski definition) is 8. The lowest BCUT2D eigenvalue weighted by molar-refractivity contribution is -0.245. The van der Waals surface area contributed by atoms with E-state index in [0.29, 0.717) is 24.3 Å². The van der Waals surface area contributed by atoms with Crippen LogP contribution in [0.1, 0.15) is 54.8 Å². The van der Waals surface area contributed by atoms with E-state index in [-0.39, 0.29) is 37.6 Å². The van der Waals surface area contributed by atoms with Gasteiger partial charge in [0, 0.05) is 42.5 Å². The molecule has 1 aromatic heterocycles. The fourth-order valence-corrected chi connectivity index (χ4v) is 4.93. The number of benzene rings is 2. The highest BCUT2D eigenvalue weighted by atomic mass is 32.2. The molecule has 0 bridgehead atoms. The van der Waals surface area contributed by atoms with Crippen LogP contribution in [-0.4, -0.2) is 39.0 Å². The smallest absolute Gasteiger partial charge is 0.243 e. The van der Waals surface area contributed by atoms with E-state index in [1.165, 1.54) is 0 Å². The molecule has 1 saturated heterocycles. The summed E-state index contributed by atoms with van der Waals surface area (Å²) < 4.78 is 12.7. The van der Waals surface area contributed by atoms with Crippen molar-refractivity contribution >= 4 is 29.3 Å². The molecule has 0 radical (unpaired) electrons. The van der Waals surface area contributed by atoms with Crippen LogP contribution < -0.4 is 10.8 Å². The third kappa shape index (κ3) is 8.11. The Bertz CT molecular complexity index is 1180. The summed E-state index contributed by atoms with van der Waals surface area (Å²) in [5.74, 6) is -0.0227. The molecule has 38 heavy (non-hydrogen) atoms. The topological polar surface area (TPSA) is 130 Å². The first-order valence-corrected chi connectivity index (χ1v) is 13.4. The van der Waals surface area contributed by atoms with Crippen LogP contribution in [0.15, 0.2) is 78.0 Å². The van der Waals surface area contributed by atoms with E-state index in [2.05, 4.69) is 10.3 Å². The molecule has 0 aliphatic carbocycles. The van der Waals surface area contributed by atoms with Crippen molar-refractivity contribution in [1.82, 2.24) is 10.5 Å². The fourth-order valence-electron chi connectivity index (χ4n) is 4.05. The third-order valence-electron chi connectivity index (χ3n) is 6.07. The number of anilines is 1. The summed E-state index contributed by atoms with van der Waals surface area (Å²) in [6, 6.07) is 20.9. The highest BCUT2D eigenvalue weighted by Gasteiger charge is 2.32. The number of pyridine rings is 1. The van der Waals surface area contributed by atoms with Gasteiger partial charge < -0.3 is 19.9 Å². The number of hydroxylamine groups is 1. The van der Waals surface area contributed by atoms with Crippen molar-refractivity contribution in [3.63, 3.8) is 0 Å². The van der Waals surface area contributed by atoms with Gasteiger partial charge in [-0.1, -0.05) is 42.5 Å². The average Bonchev–Trinajstić information content (AvgIpc) is 2.96. The standard InChI is InChI=1S/C28H31N3O6S/c32-17-19-7-9-20(10-8-19)24-16-23(18-38-27-6-1-2-15-29-27)36-28(37-24)21-11-13-22(14-12-21)30-25(33)4-3-5-26(34)31-35/h1-2,6-15,23-24,28,32,35H,3-5,16-18H2,(H,30,33)(H,31,34)/t23-,24+,28+/m0/s1. The number of carbonyl (C=O) groups excluding carboxylic acids is 2. The molecular formula is C28H31N3O6S. The highest BCUT2D eigenvalue weighted by molar-refractivity contribution is 7.99. The number of rotatable bonds is 11. The molecular weight excluding hydrogens is 506 g/mol. The van der Waals surface area contributed by atoms with Gasteiger partial charge in [-0.15, -0.1) is 11.8 Å². The first-order chi connectivity index (χ1) is 18.5. The molecule has 2 aromatic carbocycles. The Morgan fingerprint density at radius 2 is 1.68 bits per heavy atom. The lowest BCUT2D eigenvalue weighted by atomic mass is 10.0. The molecule has 3 aromatic rings. The predicted octanol–water partition coefficient (Wildman–Crippen LogP) is 4.53. The SMILES string of the molecule is O=C(CCCC(=O)Nc1ccc([C@@H]2O[C@H](CSc3ccccn3)C[C@H](c3ccc(CO)cc3)O2)cc1)NO. The molecule has 2 heterocycles. The quantitative estimate of drug-likeness (QED) is 0.160. The minimum atomic E-state index is -0.595. The summed E-state index contributed by atoms with van der Waals surface area (Å²) in [7, 11) is 0. The van der Waals surface area contributed by atoms with Crippen LogP contribution in [0.2, 0.25) is 0 Å². The van der Waals surface area contributed by atoms with Gasteiger partial charge >= 0.3 is 0 Å². The second-order valence-electron chi connectivity index (χ2n) is 8.89. The van der Waals surface area contributed by atoms with Crippen molar-refractivity contribution in [3.8, 4) is 0 Å². The van der Waals surface area contributed by atoms with Crippen LogP contribution in [0.25, 0.3) is 0 Å². The Kier molecular flexibility index (Phi) is 10.2. The molecule has 4 rings (SSSR count). The van der Waals surface area contributed by atoms with E-state index < -0.39 is 12.2 Å². The van der Waals surface area contributed by atoms with Crippen LogP contribution >= 0.6 is 11.8 Å². The molecule has 1 fully saturated rings. The van der Waals surface area contributed by atoms with Gasteiger partial charge in [-0.2, -0.15) is 0 Å². The van der Waals surface area contributed by atoms with E-state index in [0.717, 1.165) is 21.7 Å². The number of aliphatic hydroxyl groups excluding tert-OH is 1. The van der Waals surface area contributed by atoms with Gasteiger partial charge in [0.2, 0.25) is 11.8 Å². The Balaban J connectivity index is 1.41. The second kappa shape index (κ2) is 14.0. The lowest BCUT2D eigenvalue weighted by Crippen LogP contribution is -2.31. The Hall–Kier alpha value is -3.28. The van der Waals surface area contributed by atoms with Gasteiger partial charge in [-0.25, -0.2) is 10.5 Å². The molecule has 0 spiro atoms. The van der Waals surface area contributed by atoms with Gasteiger partial charge in [0.1, 0.15) is 0 Å². The number of carbonyl (C=O) groups is 2. The lowest BCUT2D eigenvalue weighted by Gasteiger charge is -2.36. The largest absolute Gasteiger partial charge is 0.392 e. The molecule has 0 saturated carbocycles. The van der Waals surface area contributed by atoms with Crippen molar-refractivity contribution in [3.05, 3.63) is 89.6 Å². The van der Waals surface area contributed by atoms with Gasteiger partial charge in [0.15, 0.2) is 6.29 Å². The zero-order chi connectivity index (χ0) is 26.7. The maximum absolute atomic E-state index is 12.2. The van der Waals surface area contributed by atoms with Gasteiger partial charge in [-0.3, -0.25) is 14.8 Å². The number of hydrogen-bond donors (Lipinski definition) is 4. The first-order valence-electron chi connectivity index (χ1n) is 12.4. The Morgan fingerprint density at radius 3 is 2.37 bits per heavy atom. The molecule has 10 heteroatoms. The molecule has 0 unspecified atom stereocenters. The van der Waals surface area contributed by atoms with E-state index in [4.69, 9.17) is 14.7 Å². The summed E-state index contributed by atoms with van der Waals surface area (Å²) in [5, 5.41) is 21.7. The predicted molar refractivity (Wildman–Crippen MR) is 142 cm³/mol. The van der Waals surface area contributed by atoms with Gasteiger partial charge in [0.25, 0.3) is 0 Å². The zero-order valence-corrected chi connectivity index (χ0v) is 21.6. The third-order valence-corrected chi connectivity index (χ3v) is 7.14. The number of aromatic nitrogens is 1. The van der Waals surface area contributed by atoms with Crippen molar-refractivity contribution in [1.29, 1.82) is 0 Å². The van der Waals surface area contributed by atoms with E-state index >= 15 is 0 Å². The number of ether oxygens (including phenoxy) is 2. The van der Waals surface area contributed by atoms with Crippen molar-refractivity contribution in [2.45, 2.75) is 55.8 Å². The molecule has 2 amide bonds. The fraction of sp³-hybridized carbons (Fsp3) is 0.321. The second-order valence-corrected chi connectivity index (χ2v) is 9.93. The molecule has 4 N–H and O–H groups in total. The summed E-state index contributed by atoms with van der Waals surface area (Å²) in [6.07, 6.45) is 2.15. The molecule has 3 atom stereocenters. The highest BCUT2D eigenvalue weighted by Crippen LogP contribution is 2.39.